The molecule has 0 spiro atoms. The van der Waals surface area contributed by atoms with E-state index in [4.69, 9.17) is 22.6 Å². The first-order valence-electron chi connectivity index (χ1n) is 9.30. The molecule has 6 nitrogen and oxygen atoms in total. The van der Waals surface area contributed by atoms with Gasteiger partial charge in [0.25, 0.3) is 0 Å². The fourth-order valence-electron chi connectivity index (χ4n) is 2.35. The van der Waals surface area contributed by atoms with Crippen LogP contribution in [0.15, 0.2) is 12.2 Å². The van der Waals surface area contributed by atoms with Gasteiger partial charge in [-0.1, -0.05) is 70.4 Å². The fraction of sp³-hybridized carbons (Fsp3) is 0.833. The molecule has 1 N–H and O–H groups in total. The van der Waals surface area contributed by atoms with Crippen LogP contribution in [0.5, 0.6) is 0 Å². The average Bonchev–Trinajstić information content (AvgIpc) is 2.49. The van der Waals surface area contributed by atoms with Crippen LogP contribution in [-0.2, 0) is 15.2 Å². The molecule has 27 heavy (non-hydrogen) atoms. The monoisotopic (exact) mass is 424 g/mol. The number of hydrogen-bond acceptors (Lipinski definition) is 5. The number of carbonyl (C=O) groups is 1. The molecule has 0 aromatic heterocycles. The molecule has 0 aliphatic rings. The number of carboxylic acid groups (broad SMARTS) is 1. The number of aliphatic carboxylic acids is 1. The van der Waals surface area contributed by atoms with Crippen molar-refractivity contribution in [2.24, 2.45) is 0 Å². The molecule has 0 amide bonds. The number of allylic oxidation sites excluding steroid dienone is 2. The Kier molecular flexibility index (Phi) is 35.6. The molecule has 0 heterocycles. The summed E-state index contributed by atoms with van der Waals surface area (Å²) in [6.45, 7) is 2.26. The minimum atomic E-state index is -5.17. The van der Waals surface area contributed by atoms with Gasteiger partial charge in [-0.25, -0.2) is 0 Å². The Morgan fingerprint density at radius 1 is 0.778 bits per heavy atom. The minimum Gasteiger partial charge on any atom is -0.759 e. The molecule has 9 heteroatoms. The number of rotatable bonds is 15. The Bertz CT molecular complexity index is 420. The Labute approximate surface area is 210 Å². The van der Waals surface area contributed by atoms with Gasteiger partial charge in [0.05, 0.1) is 0 Å². The van der Waals surface area contributed by atoms with Gasteiger partial charge < -0.3 is 14.2 Å². The molecule has 0 aliphatic heterocycles. The van der Waals surface area contributed by atoms with E-state index in [2.05, 4.69) is 19.1 Å². The molecule has 0 saturated carbocycles. The van der Waals surface area contributed by atoms with Crippen molar-refractivity contribution < 1.29 is 86.5 Å². The van der Waals surface area contributed by atoms with Gasteiger partial charge in [0.15, 0.2) is 0 Å². The van der Waals surface area contributed by atoms with Crippen molar-refractivity contribution in [3.63, 3.8) is 0 Å². The van der Waals surface area contributed by atoms with Gasteiger partial charge in [-0.05, 0) is 32.1 Å². The normalized spacial score (nSPS) is 10.5. The van der Waals surface area contributed by atoms with E-state index in [9.17, 15) is 4.79 Å². The van der Waals surface area contributed by atoms with Crippen LogP contribution >= 0.6 is 0 Å². The van der Waals surface area contributed by atoms with Crippen molar-refractivity contribution in [2.45, 2.75) is 96.8 Å². The summed E-state index contributed by atoms with van der Waals surface area (Å²) in [5, 5.41) is 8.51. The van der Waals surface area contributed by atoms with Crippen molar-refractivity contribution in [2.75, 3.05) is 0 Å². The zero-order chi connectivity index (χ0) is 19.4. The van der Waals surface area contributed by atoms with Gasteiger partial charge in [0.1, 0.15) is 0 Å². The second kappa shape index (κ2) is 27.1. The van der Waals surface area contributed by atoms with Crippen LogP contribution < -0.4 is 59.1 Å². The fourth-order valence-corrected chi connectivity index (χ4v) is 2.35. The second-order valence-electron chi connectivity index (χ2n) is 6.14. The van der Waals surface area contributed by atoms with Crippen LogP contribution in [0, 0.1) is 0 Å². The van der Waals surface area contributed by atoms with Gasteiger partial charge in [-0.2, -0.15) is 0 Å². The minimum absolute atomic E-state index is 0. The Balaban J connectivity index is -0.000000333. The SMILES string of the molecule is CCCCCCCCC=CCCCCCCCC(=O)O.O=S(=O)([O-])[O-].[Na+].[Na+]. The number of hydrogen-bond donors (Lipinski definition) is 1. The van der Waals surface area contributed by atoms with Gasteiger partial charge in [0, 0.05) is 16.8 Å². The Hall–Kier alpha value is 1.08. The summed E-state index contributed by atoms with van der Waals surface area (Å²) in [5.41, 5.74) is 0. The van der Waals surface area contributed by atoms with E-state index >= 15 is 0 Å². The quantitative estimate of drug-likeness (QED) is 0.116. The molecule has 0 aliphatic carbocycles. The molecular formula is C18H34Na2O6S. The van der Waals surface area contributed by atoms with Crippen molar-refractivity contribution in [3.8, 4) is 0 Å². The predicted molar refractivity (Wildman–Crippen MR) is 97.6 cm³/mol. The third kappa shape index (κ3) is 52.1. The van der Waals surface area contributed by atoms with E-state index in [0.717, 1.165) is 12.8 Å². The molecule has 0 saturated heterocycles. The maximum atomic E-state index is 10.3. The molecule has 0 aromatic rings. The van der Waals surface area contributed by atoms with E-state index in [1.54, 1.807) is 0 Å². The molecule has 0 rings (SSSR count). The number of unbranched alkanes of at least 4 members (excludes halogenated alkanes) is 11. The van der Waals surface area contributed by atoms with Crippen LogP contribution in [0.1, 0.15) is 96.8 Å². The summed E-state index contributed by atoms with van der Waals surface area (Å²) in [6.07, 6.45) is 21.2. The predicted octanol–water partition coefficient (Wildman–Crippen LogP) is -1.22. The summed E-state index contributed by atoms with van der Waals surface area (Å²) in [4.78, 5) is 10.3. The van der Waals surface area contributed by atoms with Crippen molar-refractivity contribution >= 4 is 16.4 Å². The largest absolute Gasteiger partial charge is 1.00 e. The van der Waals surface area contributed by atoms with Gasteiger partial charge >= 0.3 is 65.1 Å². The molecule has 0 radical (unpaired) electrons. The van der Waals surface area contributed by atoms with Crippen molar-refractivity contribution in [1.29, 1.82) is 0 Å². The summed E-state index contributed by atoms with van der Waals surface area (Å²) in [5.74, 6) is -0.664. The topological polar surface area (TPSA) is 118 Å². The molecule has 0 bridgehead atoms. The first-order valence-corrected chi connectivity index (χ1v) is 10.6. The smallest absolute Gasteiger partial charge is 0.759 e. The third-order valence-electron chi connectivity index (χ3n) is 3.65. The zero-order valence-electron chi connectivity index (χ0n) is 17.5. The Morgan fingerprint density at radius 3 is 1.48 bits per heavy atom. The molecule has 0 fully saturated rings. The van der Waals surface area contributed by atoms with Crippen LogP contribution in [0.2, 0.25) is 0 Å². The van der Waals surface area contributed by atoms with E-state index in [0.29, 0.717) is 6.42 Å². The van der Waals surface area contributed by atoms with E-state index in [1.807, 2.05) is 0 Å². The molecular weight excluding hydrogens is 390 g/mol. The van der Waals surface area contributed by atoms with E-state index < -0.39 is 16.4 Å². The van der Waals surface area contributed by atoms with E-state index in [1.165, 1.54) is 70.6 Å². The molecule has 150 valence electrons. The maximum absolute atomic E-state index is 10.3. The average molecular weight is 425 g/mol. The van der Waals surface area contributed by atoms with Crippen LogP contribution in [-0.4, -0.2) is 28.6 Å². The van der Waals surface area contributed by atoms with Crippen LogP contribution in [0.3, 0.4) is 0 Å². The third-order valence-corrected chi connectivity index (χ3v) is 3.65. The first-order chi connectivity index (χ1) is 11.8. The molecule has 0 unspecified atom stereocenters. The summed E-state index contributed by atoms with van der Waals surface area (Å²) >= 11 is 0. The van der Waals surface area contributed by atoms with Crippen molar-refractivity contribution in [3.05, 3.63) is 12.2 Å². The van der Waals surface area contributed by atoms with Gasteiger partial charge in [0.2, 0.25) is 0 Å². The Morgan fingerprint density at radius 2 is 1.11 bits per heavy atom. The van der Waals surface area contributed by atoms with Crippen molar-refractivity contribution in [1.82, 2.24) is 0 Å². The van der Waals surface area contributed by atoms with Crippen LogP contribution in [0.25, 0.3) is 0 Å². The molecule has 0 atom stereocenters. The van der Waals surface area contributed by atoms with Crippen LogP contribution in [0.4, 0.5) is 0 Å². The van der Waals surface area contributed by atoms with Gasteiger partial charge in [-0.15, -0.1) is 0 Å². The zero-order valence-corrected chi connectivity index (χ0v) is 22.3. The van der Waals surface area contributed by atoms with E-state index in [-0.39, 0.29) is 59.1 Å². The summed E-state index contributed by atoms with van der Waals surface area (Å²) in [6, 6.07) is 0. The molecule has 0 aromatic carbocycles. The standard InChI is InChI=1S/C18H34O2.2Na.H2O4S/c1-2-3-4-5-6-7-8-9-10-11-12-13-14-15-16-17-18(19)20;;;1-5(2,3)4/h9-10H,2-8,11-17H2,1H3,(H,19,20);;;(H2,1,2,3,4)/q;2*+1;/p-2. The second-order valence-corrected chi connectivity index (χ2v) is 6.95. The summed E-state index contributed by atoms with van der Waals surface area (Å²) < 4.78 is 34.1. The number of carboxylic acids is 1. The first kappa shape index (κ1) is 35.5. The van der Waals surface area contributed by atoms with Gasteiger partial charge in [-0.3, -0.25) is 13.2 Å². The maximum Gasteiger partial charge on any atom is 1.00 e. The summed E-state index contributed by atoms with van der Waals surface area (Å²) in [7, 11) is -5.17.